The van der Waals surface area contributed by atoms with E-state index in [-0.39, 0.29) is 89.3 Å². The van der Waals surface area contributed by atoms with Crippen LogP contribution in [0.1, 0.15) is 117 Å². The van der Waals surface area contributed by atoms with E-state index in [0.717, 1.165) is 0 Å². The van der Waals surface area contributed by atoms with Crippen LogP contribution in [0.2, 0.25) is 0 Å². The molecule has 0 saturated carbocycles. The Bertz CT molecular complexity index is 2230. The molecule has 1 aromatic heterocycles. The first kappa shape index (κ1) is 68.0. The molecule has 20 N–H and O–H groups in total. The highest BCUT2D eigenvalue weighted by Gasteiger charge is 2.40. The smallest absolute Gasteiger partial charge is 0.326 e. The van der Waals surface area contributed by atoms with Crippen LogP contribution < -0.4 is 65.9 Å². The standard InChI is InChI=1S/C49H84N16O13S/c1-6-27(4)39(64-40(69)29(51)23-38(67)68)46(75)62-34(22-28-24-55-25-57-28)44(73)59-30(11-7-8-17-50)41(70)58-31(12-9-18-56-49(53)54)42(71)60-32(16-20-79-5)43(72)61-33(14-15-37(52)66)47(76)65-19-10-13-36(65)45(74)63-35(48(77)78)21-26(2)3/h24-27,29-36,39H,6-23,50-51H2,1-5H3,(H2,52,66)(H,55,57)(H,58,70)(H,59,73)(H,60,71)(H,61,72)(H,62,75)(H,63,74)(H,64,69)(H,67,68)(H,77,78)(H4,53,54,56)/t27-,29-,30-,31-,32-,33-,34-,35-,36-,39-/m0/s1. The number of unbranched alkanes of at least 4 members (excludes halogenated alkanes) is 1. The van der Waals surface area contributed by atoms with E-state index in [4.69, 9.17) is 28.7 Å². The first-order valence-electron chi connectivity index (χ1n) is 26.5. The normalized spacial score (nSPS) is 16.5. The maximum absolute atomic E-state index is 14.4. The molecule has 0 radical (unpaired) electrons. The Balaban J connectivity index is 2.51. The lowest BCUT2D eigenvalue weighted by atomic mass is 9.97. The number of rotatable bonds is 38. The molecule has 0 aromatic carbocycles. The molecule has 1 aliphatic heterocycles. The molecule has 29 nitrogen and oxygen atoms in total. The molecule has 0 spiro atoms. The van der Waals surface area contributed by atoms with Crippen LogP contribution in [0.3, 0.4) is 0 Å². The molecule has 0 aliphatic carbocycles. The average molecular weight is 1140 g/mol. The number of carbonyl (C=O) groups is 11. The molecule has 444 valence electrons. The number of nitrogens with one attached hydrogen (secondary N) is 8. The summed E-state index contributed by atoms with van der Waals surface area (Å²) in [5.41, 5.74) is 28.5. The van der Waals surface area contributed by atoms with Crippen molar-refractivity contribution in [1.29, 1.82) is 0 Å². The van der Waals surface area contributed by atoms with Gasteiger partial charge in [-0.1, -0.05) is 34.1 Å². The number of imidazole rings is 1. The molecule has 1 aromatic rings. The largest absolute Gasteiger partial charge is 0.481 e. The number of carbonyl (C=O) groups excluding carboxylic acids is 9. The number of H-pyrrole nitrogens is 1. The molecular weight excluding hydrogens is 1050 g/mol. The summed E-state index contributed by atoms with van der Waals surface area (Å²) in [6, 6.07) is -12.0. The summed E-state index contributed by atoms with van der Waals surface area (Å²) in [5, 5.41) is 37.3. The Morgan fingerprint density at radius 3 is 1.86 bits per heavy atom. The average Bonchev–Trinajstić information content (AvgIpc) is 4.11. The number of aromatic nitrogens is 2. The van der Waals surface area contributed by atoms with Crippen LogP contribution >= 0.6 is 11.8 Å². The van der Waals surface area contributed by atoms with Crippen LogP contribution in [-0.4, -0.2) is 182 Å². The third-order valence-corrected chi connectivity index (χ3v) is 13.6. The summed E-state index contributed by atoms with van der Waals surface area (Å²) >= 11 is 1.34. The molecule has 0 bridgehead atoms. The summed E-state index contributed by atoms with van der Waals surface area (Å²) in [4.78, 5) is 159. The van der Waals surface area contributed by atoms with Crippen molar-refractivity contribution >= 4 is 82.8 Å². The van der Waals surface area contributed by atoms with Gasteiger partial charge in [-0.15, -0.1) is 0 Å². The number of carboxylic acid groups (broad SMARTS) is 2. The van der Waals surface area contributed by atoms with Crippen molar-refractivity contribution in [3.8, 4) is 0 Å². The van der Waals surface area contributed by atoms with E-state index in [1.165, 1.54) is 29.2 Å². The van der Waals surface area contributed by atoms with Crippen molar-refractivity contribution in [3.05, 3.63) is 18.2 Å². The van der Waals surface area contributed by atoms with Gasteiger partial charge < -0.3 is 86.0 Å². The molecular formula is C49H84N16O13S. The number of likely N-dealkylation sites (tertiary alicyclic amines) is 1. The van der Waals surface area contributed by atoms with Gasteiger partial charge in [0.1, 0.15) is 48.3 Å². The lowest BCUT2D eigenvalue weighted by Crippen LogP contribution is -2.61. The fourth-order valence-corrected chi connectivity index (χ4v) is 8.94. The Hall–Kier alpha value is -7.08. The predicted octanol–water partition coefficient (Wildman–Crippen LogP) is -3.48. The van der Waals surface area contributed by atoms with E-state index >= 15 is 0 Å². The Labute approximate surface area is 463 Å². The van der Waals surface area contributed by atoms with Gasteiger partial charge in [0.05, 0.1) is 18.8 Å². The van der Waals surface area contributed by atoms with Crippen LogP contribution in [0.5, 0.6) is 0 Å². The fraction of sp³-hybridized carbons (Fsp3) is 0.694. The highest BCUT2D eigenvalue weighted by Crippen LogP contribution is 2.21. The van der Waals surface area contributed by atoms with E-state index in [9.17, 15) is 63.0 Å². The molecule has 1 fully saturated rings. The van der Waals surface area contributed by atoms with Gasteiger partial charge in [-0.05, 0) is 94.6 Å². The molecule has 0 unspecified atom stereocenters. The Morgan fingerprint density at radius 1 is 0.759 bits per heavy atom. The van der Waals surface area contributed by atoms with E-state index in [0.29, 0.717) is 37.1 Å². The van der Waals surface area contributed by atoms with E-state index in [1.54, 1.807) is 34.0 Å². The molecule has 79 heavy (non-hydrogen) atoms. The quantitative estimate of drug-likeness (QED) is 0.0174. The summed E-state index contributed by atoms with van der Waals surface area (Å²) in [6.45, 7) is 7.31. The third-order valence-electron chi connectivity index (χ3n) is 13.0. The van der Waals surface area contributed by atoms with Crippen LogP contribution in [0, 0.1) is 11.8 Å². The number of thioether (sulfide) groups is 1. The van der Waals surface area contributed by atoms with E-state index in [1.807, 2.05) is 0 Å². The molecule has 30 heteroatoms. The minimum Gasteiger partial charge on any atom is -0.481 e. The Kier molecular flexibility index (Phi) is 30.5. The number of nitrogens with zero attached hydrogens (tertiary/aromatic N) is 3. The number of nitrogens with two attached hydrogens (primary N) is 5. The summed E-state index contributed by atoms with van der Waals surface area (Å²) in [5.74, 6) is -10.5. The molecule has 2 rings (SSSR count). The van der Waals surface area contributed by atoms with Crippen molar-refractivity contribution in [3.63, 3.8) is 0 Å². The molecule has 9 amide bonds. The van der Waals surface area contributed by atoms with Crippen molar-refractivity contribution < 1.29 is 63.0 Å². The number of amides is 9. The molecule has 10 atom stereocenters. The number of hydrogen-bond donors (Lipinski definition) is 15. The Morgan fingerprint density at radius 2 is 1.34 bits per heavy atom. The maximum Gasteiger partial charge on any atom is 0.326 e. The number of carboxylic acids is 2. The zero-order valence-corrected chi connectivity index (χ0v) is 46.6. The zero-order chi connectivity index (χ0) is 59.4. The van der Waals surface area contributed by atoms with Gasteiger partial charge in [-0.3, -0.25) is 52.9 Å². The van der Waals surface area contributed by atoms with Gasteiger partial charge in [0, 0.05) is 37.8 Å². The van der Waals surface area contributed by atoms with E-state index in [2.05, 4.69) is 52.2 Å². The topological polar surface area (TPSA) is 487 Å². The van der Waals surface area contributed by atoms with Gasteiger partial charge in [0.25, 0.3) is 0 Å². The van der Waals surface area contributed by atoms with E-state index < -0.39 is 132 Å². The first-order chi connectivity index (χ1) is 37.3. The third kappa shape index (κ3) is 24.6. The molecule has 1 aliphatic rings. The van der Waals surface area contributed by atoms with Crippen LogP contribution in [0.4, 0.5) is 0 Å². The number of primary amides is 1. The number of guanidine groups is 1. The lowest BCUT2D eigenvalue weighted by Gasteiger charge is -2.31. The van der Waals surface area contributed by atoms with Crippen molar-refractivity contribution in [2.45, 2.75) is 172 Å². The minimum atomic E-state index is -1.49. The van der Waals surface area contributed by atoms with Crippen LogP contribution in [0.25, 0.3) is 0 Å². The highest BCUT2D eigenvalue weighted by molar-refractivity contribution is 7.98. The minimum absolute atomic E-state index is 0.00321. The van der Waals surface area contributed by atoms with Gasteiger partial charge >= 0.3 is 11.9 Å². The number of aliphatic carboxylic acids is 2. The van der Waals surface area contributed by atoms with Crippen LogP contribution in [0.15, 0.2) is 17.5 Å². The number of hydrogen-bond acceptors (Lipinski definition) is 16. The van der Waals surface area contributed by atoms with Gasteiger partial charge in [-0.25, -0.2) is 9.78 Å². The SMILES string of the molecule is CC[C@H](C)[C@H](NC(=O)[C@@H](N)CC(=O)O)C(=O)N[C@@H](Cc1cnc[nH]1)C(=O)N[C@@H](CCCCN)C(=O)N[C@@H](CCCN=C(N)N)C(=O)N[C@@H](CCSC)C(=O)N[C@@H](CCC(N)=O)C(=O)N1CCC[C@H]1C(=O)N[C@@H](CC(C)C)C(=O)O. The summed E-state index contributed by atoms with van der Waals surface area (Å²) < 4.78 is 0. The number of aliphatic imine (C=N–C) groups is 1. The highest BCUT2D eigenvalue weighted by atomic mass is 32.2. The fourth-order valence-electron chi connectivity index (χ4n) is 8.47. The second-order valence-corrected chi connectivity index (χ2v) is 20.9. The first-order valence-corrected chi connectivity index (χ1v) is 27.9. The second-order valence-electron chi connectivity index (χ2n) is 19.9. The molecule has 2 heterocycles. The molecule has 1 saturated heterocycles. The van der Waals surface area contributed by atoms with Gasteiger partial charge in [-0.2, -0.15) is 11.8 Å². The van der Waals surface area contributed by atoms with Crippen molar-refractivity contribution in [2.75, 3.05) is 31.6 Å². The van der Waals surface area contributed by atoms with Crippen LogP contribution in [-0.2, 0) is 59.2 Å². The monoisotopic (exact) mass is 1140 g/mol. The maximum atomic E-state index is 14.4. The summed E-state index contributed by atoms with van der Waals surface area (Å²) in [6.07, 6.45) is 4.77. The van der Waals surface area contributed by atoms with Gasteiger partial charge in [0.2, 0.25) is 53.2 Å². The summed E-state index contributed by atoms with van der Waals surface area (Å²) in [7, 11) is 0. The zero-order valence-electron chi connectivity index (χ0n) is 45.8. The number of aromatic amines is 1. The van der Waals surface area contributed by atoms with Crippen molar-refractivity contribution in [1.82, 2.24) is 52.1 Å². The predicted molar refractivity (Wildman–Crippen MR) is 292 cm³/mol. The van der Waals surface area contributed by atoms with Crippen molar-refractivity contribution in [2.24, 2.45) is 45.5 Å². The second kappa shape index (κ2) is 35.4. The lowest BCUT2D eigenvalue weighted by molar-refractivity contribution is -0.145. The van der Waals surface area contributed by atoms with Gasteiger partial charge in [0.15, 0.2) is 5.96 Å².